The Bertz CT molecular complexity index is 596. The number of rotatable bonds is 6. The molecule has 0 unspecified atom stereocenters. The minimum atomic E-state index is -0.484. The molecule has 3 N–H and O–H groups in total. The average molecular weight is 523 g/mol. The van der Waals surface area contributed by atoms with Crippen molar-refractivity contribution >= 4 is 52.4 Å². The Hall–Kier alpha value is -1.23. The Balaban J connectivity index is 0.00000392. The molecule has 7 nitrogen and oxygen atoms in total. The molecular weight excluding hydrogens is 489 g/mol. The molecular formula is C19H34IN5O2S. The van der Waals surface area contributed by atoms with Gasteiger partial charge in [-0.3, -0.25) is 4.99 Å². The highest BCUT2D eigenvalue weighted by molar-refractivity contribution is 14.0. The molecule has 0 atom stereocenters. The molecule has 160 valence electrons. The van der Waals surface area contributed by atoms with Crippen molar-refractivity contribution in [2.45, 2.75) is 52.2 Å². The van der Waals surface area contributed by atoms with Crippen LogP contribution in [0.15, 0.2) is 22.5 Å². The molecule has 1 aromatic rings. The van der Waals surface area contributed by atoms with Gasteiger partial charge < -0.3 is 25.6 Å². The molecule has 0 saturated carbocycles. The second-order valence-corrected chi connectivity index (χ2v) is 8.47. The molecule has 2 heterocycles. The monoisotopic (exact) mass is 523 g/mol. The summed E-state index contributed by atoms with van der Waals surface area (Å²) in [5.41, 5.74) is -0.484. The van der Waals surface area contributed by atoms with Crippen LogP contribution in [0, 0.1) is 0 Å². The number of aliphatic imine (C=N–C) groups is 1. The number of hydrogen-bond acceptors (Lipinski definition) is 5. The van der Waals surface area contributed by atoms with E-state index in [1.54, 1.807) is 11.3 Å². The average Bonchev–Trinajstić information content (AvgIpc) is 3.12. The predicted octanol–water partition coefficient (Wildman–Crippen LogP) is 3.41. The number of nitrogens with one attached hydrogen (secondary N) is 3. The number of ether oxygens (including phenoxy) is 1. The normalized spacial score (nSPS) is 15.6. The number of carbonyl (C=O) groups is 1. The second-order valence-electron chi connectivity index (χ2n) is 7.55. The van der Waals surface area contributed by atoms with Crippen molar-refractivity contribution in [1.29, 1.82) is 0 Å². The molecule has 1 amide bonds. The Morgan fingerprint density at radius 2 is 2.04 bits per heavy atom. The van der Waals surface area contributed by atoms with Gasteiger partial charge in [0.2, 0.25) is 0 Å². The van der Waals surface area contributed by atoms with E-state index in [9.17, 15) is 4.79 Å². The van der Waals surface area contributed by atoms with E-state index in [0.717, 1.165) is 38.4 Å². The quantitative estimate of drug-likeness (QED) is 0.231. The van der Waals surface area contributed by atoms with Crippen molar-refractivity contribution < 1.29 is 9.53 Å². The van der Waals surface area contributed by atoms with Crippen molar-refractivity contribution in [3.05, 3.63) is 17.5 Å². The molecule has 0 aromatic carbocycles. The first-order valence-corrected chi connectivity index (χ1v) is 10.6. The Labute approximate surface area is 189 Å². The highest BCUT2D eigenvalue weighted by atomic mass is 127. The zero-order valence-electron chi connectivity index (χ0n) is 17.3. The highest BCUT2D eigenvalue weighted by Gasteiger charge is 2.20. The summed E-state index contributed by atoms with van der Waals surface area (Å²) in [5, 5.41) is 13.0. The maximum atomic E-state index is 11.7. The van der Waals surface area contributed by atoms with Gasteiger partial charge in [0, 0.05) is 32.2 Å². The summed E-state index contributed by atoms with van der Waals surface area (Å²) >= 11 is 1.80. The fourth-order valence-electron chi connectivity index (χ4n) is 2.85. The topological polar surface area (TPSA) is 78.0 Å². The molecule has 0 spiro atoms. The molecule has 1 aliphatic rings. The number of alkyl carbamates (subject to hydrolysis) is 1. The molecule has 1 saturated heterocycles. The summed E-state index contributed by atoms with van der Waals surface area (Å²) in [4.78, 5) is 18.7. The van der Waals surface area contributed by atoms with Crippen LogP contribution in [0.1, 0.15) is 40.5 Å². The molecule has 1 aliphatic heterocycles. The van der Waals surface area contributed by atoms with E-state index >= 15 is 0 Å². The lowest BCUT2D eigenvalue weighted by molar-refractivity contribution is 0.0529. The van der Waals surface area contributed by atoms with Gasteiger partial charge in [-0.1, -0.05) is 0 Å². The number of guanidine groups is 1. The minimum absolute atomic E-state index is 0. The fourth-order valence-corrected chi connectivity index (χ4v) is 3.63. The van der Waals surface area contributed by atoms with E-state index in [0.29, 0.717) is 19.1 Å². The molecule has 0 aliphatic carbocycles. The predicted molar refractivity (Wildman–Crippen MR) is 128 cm³/mol. The lowest BCUT2D eigenvalue weighted by Gasteiger charge is -2.33. The third-order valence-corrected chi connectivity index (χ3v) is 4.98. The smallest absolute Gasteiger partial charge is 0.407 e. The van der Waals surface area contributed by atoms with Gasteiger partial charge in [-0.15, -0.1) is 35.3 Å². The van der Waals surface area contributed by atoms with E-state index in [2.05, 4.69) is 50.3 Å². The van der Waals surface area contributed by atoms with Gasteiger partial charge in [-0.25, -0.2) is 4.79 Å². The van der Waals surface area contributed by atoms with Crippen molar-refractivity contribution in [2.24, 2.45) is 4.99 Å². The first-order valence-electron chi connectivity index (χ1n) is 9.67. The molecule has 9 heteroatoms. The maximum absolute atomic E-state index is 11.7. The Kier molecular flexibility index (Phi) is 10.9. The first-order chi connectivity index (χ1) is 12.9. The Morgan fingerprint density at radius 3 is 2.61 bits per heavy atom. The van der Waals surface area contributed by atoms with E-state index in [4.69, 9.17) is 4.74 Å². The molecule has 0 radical (unpaired) electrons. The number of piperidine rings is 1. The second kappa shape index (κ2) is 12.4. The lowest BCUT2D eigenvalue weighted by Crippen LogP contribution is -2.48. The SMILES string of the molecule is CCNC(=NCCNC(=O)OC(C)(C)C)NC1CCN(c2cccs2)CC1.I. The number of amides is 1. The van der Waals surface area contributed by atoms with Crippen LogP contribution in [0.5, 0.6) is 0 Å². The summed E-state index contributed by atoms with van der Waals surface area (Å²) < 4.78 is 5.22. The van der Waals surface area contributed by atoms with Gasteiger partial charge in [-0.2, -0.15) is 0 Å². The van der Waals surface area contributed by atoms with Crippen LogP contribution >= 0.6 is 35.3 Å². The van der Waals surface area contributed by atoms with Crippen LogP contribution in [-0.4, -0.2) is 56.4 Å². The fraction of sp³-hybridized carbons (Fsp3) is 0.684. The number of hydrogen-bond donors (Lipinski definition) is 3. The zero-order chi connectivity index (χ0) is 19.7. The van der Waals surface area contributed by atoms with Gasteiger partial charge in [0.1, 0.15) is 5.60 Å². The van der Waals surface area contributed by atoms with Crippen LogP contribution in [0.4, 0.5) is 9.80 Å². The first kappa shape index (κ1) is 24.8. The number of carbonyl (C=O) groups excluding carboxylic acids is 1. The summed E-state index contributed by atoms with van der Waals surface area (Å²) in [7, 11) is 0. The lowest BCUT2D eigenvalue weighted by atomic mass is 10.1. The maximum Gasteiger partial charge on any atom is 0.407 e. The number of halogens is 1. The van der Waals surface area contributed by atoms with Gasteiger partial charge >= 0.3 is 6.09 Å². The van der Waals surface area contributed by atoms with Gasteiger partial charge in [0.15, 0.2) is 5.96 Å². The highest BCUT2D eigenvalue weighted by Crippen LogP contribution is 2.24. The summed E-state index contributed by atoms with van der Waals surface area (Å²) in [6, 6.07) is 4.70. The summed E-state index contributed by atoms with van der Waals surface area (Å²) in [6.45, 7) is 11.5. The van der Waals surface area contributed by atoms with E-state index in [1.807, 2.05) is 20.8 Å². The largest absolute Gasteiger partial charge is 0.444 e. The van der Waals surface area contributed by atoms with Gasteiger partial charge in [0.05, 0.1) is 11.5 Å². The molecule has 28 heavy (non-hydrogen) atoms. The third-order valence-electron chi connectivity index (χ3n) is 4.05. The van der Waals surface area contributed by atoms with E-state index < -0.39 is 11.7 Å². The van der Waals surface area contributed by atoms with Crippen LogP contribution < -0.4 is 20.9 Å². The summed E-state index contributed by atoms with van der Waals surface area (Å²) in [5.74, 6) is 0.804. The van der Waals surface area contributed by atoms with Crippen LogP contribution in [0.2, 0.25) is 0 Å². The van der Waals surface area contributed by atoms with Crippen molar-refractivity contribution in [3.8, 4) is 0 Å². The van der Waals surface area contributed by atoms with Gasteiger partial charge in [-0.05, 0) is 58.0 Å². The Morgan fingerprint density at radius 1 is 1.32 bits per heavy atom. The van der Waals surface area contributed by atoms with E-state index in [1.165, 1.54) is 5.00 Å². The van der Waals surface area contributed by atoms with Crippen molar-refractivity contribution in [2.75, 3.05) is 37.6 Å². The molecule has 0 bridgehead atoms. The van der Waals surface area contributed by atoms with Crippen molar-refractivity contribution in [3.63, 3.8) is 0 Å². The zero-order valence-corrected chi connectivity index (χ0v) is 20.4. The standard InChI is InChI=1S/C19H33N5O2S.HI/c1-5-20-17(21-10-11-22-18(25)26-19(2,3)4)23-15-8-12-24(13-9-15)16-7-6-14-27-16;/h6-7,14-15H,5,8-13H2,1-4H3,(H,22,25)(H2,20,21,23);1H. The van der Waals surface area contributed by atoms with E-state index in [-0.39, 0.29) is 24.0 Å². The number of anilines is 1. The van der Waals surface area contributed by atoms with Crippen LogP contribution in [0.25, 0.3) is 0 Å². The van der Waals surface area contributed by atoms with Crippen LogP contribution in [0.3, 0.4) is 0 Å². The molecule has 2 rings (SSSR count). The van der Waals surface area contributed by atoms with Crippen molar-refractivity contribution in [1.82, 2.24) is 16.0 Å². The molecule has 1 aromatic heterocycles. The number of nitrogens with zero attached hydrogens (tertiary/aromatic N) is 2. The minimum Gasteiger partial charge on any atom is -0.444 e. The number of thiophene rings is 1. The van der Waals surface area contributed by atoms with Gasteiger partial charge in [0.25, 0.3) is 0 Å². The summed E-state index contributed by atoms with van der Waals surface area (Å²) in [6.07, 6.45) is 1.76. The third kappa shape index (κ3) is 9.31. The molecule has 1 fully saturated rings. The van der Waals surface area contributed by atoms with Crippen LogP contribution in [-0.2, 0) is 4.74 Å².